The Labute approximate surface area is 206 Å². The fourth-order valence-corrected chi connectivity index (χ4v) is 6.46. The molecule has 2 aromatic carbocycles. The van der Waals surface area contributed by atoms with Gasteiger partial charge in [0.05, 0.1) is 17.9 Å². The highest BCUT2D eigenvalue weighted by Gasteiger charge is 2.34. The highest BCUT2D eigenvalue weighted by Crippen LogP contribution is 2.28. The summed E-state index contributed by atoms with van der Waals surface area (Å²) in [4.78, 5) is 27.1. The molecule has 1 N–H and O–H groups in total. The second-order valence-electron chi connectivity index (χ2n) is 9.31. The van der Waals surface area contributed by atoms with Gasteiger partial charge in [-0.25, -0.2) is 12.8 Å². The normalized spacial score (nSPS) is 17.0. The predicted molar refractivity (Wildman–Crippen MR) is 132 cm³/mol. The number of nitrogens with zero attached hydrogens (tertiary/aromatic N) is 2. The maximum absolute atomic E-state index is 13.4. The molecule has 1 saturated carbocycles. The van der Waals surface area contributed by atoms with Crippen molar-refractivity contribution in [2.24, 2.45) is 0 Å². The Morgan fingerprint density at radius 3 is 2.17 bits per heavy atom. The van der Waals surface area contributed by atoms with Crippen molar-refractivity contribution in [2.45, 2.75) is 62.3 Å². The average molecular weight is 502 g/mol. The highest BCUT2D eigenvalue weighted by atomic mass is 32.2. The van der Waals surface area contributed by atoms with E-state index in [1.807, 2.05) is 4.90 Å². The van der Waals surface area contributed by atoms with Crippen LogP contribution in [0.1, 0.15) is 50.5 Å². The van der Waals surface area contributed by atoms with Crippen LogP contribution >= 0.6 is 0 Å². The molecule has 1 aliphatic carbocycles. The number of likely N-dealkylation sites (tertiary alicyclic amines) is 1. The second kappa shape index (κ2) is 11.3. The van der Waals surface area contributed by atoms with E-state index in [-0.39, 0.29) is 23.4 Å². The van der Waals surface area contributed by atoms with Gasteiger partial charge in [-0.3, -0.25) is 9.59 Å². The van der Waals surface area contributed by atoms with Gasteiger partial charge in [0.2, 0.25) is 21.8 Å². The predicted octanol–water partition coefficient (Wildman–Crippen LogP) is 3.95. The van der Waals surface area contributed by atoms with Crippen molar-refractivity contribution in [3.8, 4) is 0 Å². The van der Waals surface area contributed by atoms with Crippen LogP contribution in [0.4, 0.5) is 10.1 Å². The Bertz CT molecular complexity index is 1120. The Kier molecular flexibility index (Phi) is 8.18. The molecule has 2 fully saturated rings. The van der Waals surface area contributed by atoms with Crippen molar-refractivity contribution in [2.75, 3.05) is 25.0 Å². The number of nitrogens with one attached hydrogen (secondary N) is 1. The molecule has 0 aromatic heterocycles. The zero-order valence-electron chi connectivity index (χ0n) is 19.8. The Morgan fingerprint density at radius 1 is 0.914 bits per heavy atom. The molecular formula is C26H32FN3O4S. The van der Waals surface area contributed by atoms with Gasteiger partial charge >= 0.3 is 0 Å². The number of rotatable bonds is 8. The molecule has 2 amide bonds. The molecule has 0 radical (unpaired) electrons. The van der Waals surface area contributed by atoms with Crippen LogP contribution in [0.25, 0.3) is 0 Å². The van der Waals surface area contributed by atoms with Crippen LogP contribution in [0, 0.1) is 5.82 Å². The number of carbonyl (C=O) groups excluding carboxylic acids is 2. The smallest absolute Gasteiger partial charge is 0.243 e. The largest absolute Gasteiger partial charge is 0.342 e. The van der Waals surface area contributed by atoms with Gasteiger partial charge in [-0.15, -0.1) is 0 Å². The van der Waals surface area contributed by atoms with E-state index in [4.69, 9.17) is 0 Å². The van der Waals surface area contributed by atoms with Crippen molar-refractivity contribution >= 4 is 27.5 Å². The molecule has 0 unspecified atom stereocenters. The molecule has 1 saturated heterocycles. The third-order valence-corrected chi connectivity index (χ3v) is 8.67. The minimum atomic E-state index is -3.97. The molecule has 2 aliphatic rings. The van der Waals surface area contributed by atoms with Crippen LogP contribution in [0.3, 0.4) is 0 Å². The van der Waals surface area contributed by atoms with E-state index in [0.29, 0.717) is 24.9 Å². The van der Waals surface area contributed by atoms with Crippen molar-refractivity contribution in [3.05, 3.63) is 59.9 Å². The molecule has 7 nitrogen and oxygen atoms in total. The van der Waals surface area contributed by atoms with E-state index in [1.165, 1.54) is 16.4 Å². The highest BCUT2D eigenvalue weighted by molar-refractivity contribution is 7.89. The van der Waals surface area contributed by atoms with Gasteiger partial charge in [-0.05, 0) is 67.6 Å². The lowest BCUT2D eigenvalue weighted by Crippen LogP contribution is -2.45. The van der Waals surface area contributed by atoms with Crippen molar-refractivity contribution in [1.29, 1.82) is 0 Å². The van der Waals surface area contributed by atoms with Crippen molar-refractivity contribution in [1.82, 2.24) is 9.21 Å². The van der Waals surface area contributed by atoms with E-state index in [9.17, 15) is 22.4 Å². The quantitative estimate of drug-likeness (QED) is 0.593. The number of benzene rings is 2. The Hall–Kier alpha value is -2.78. The number of hydrogen-bond acceptors (Lipinski definition) is 4. The maximum atomic E-state index is 13.4. The van der Waals surface area contributed by atoms with E-state index in [0.717, 1.165) is 62.9 Å². The number of carbonyl (C=O) groups is 2. The lowest BCUT2D eigenvalue weighted by atomic mass is 9.95. The first-order chi connectivity index (χ1) is 16.8. The summed E-state index contributed by atoms with van der Waals surface area (Å²) in [5.41, 5.74) is 1.40. The summed E-state index contributed by atoms with van der Waals surface area (Å²) >= 11 is 0. The van der Waals surface area contributed by atoms with Gasteiger partial charge in [0.1, 0.15) is 5.82 Å². The Balaban J connectivity index is 1.43. The molecule has 1 heterocycles. The van der Waals surface area contributed by atoms with Gasteiger partial charge in [0.15, 0.2) is 0 Å². The fourth-order valence-electron chi connectivity index (χ4n) is 4.82. The van der Waals surface area contributed by atoms with E-state index in [1.54, 1.807) is 24.3 Å². The molecule has 9 heteroatoms. The zero-order valence-corrected chi connectivity index (χ0v) is 20.6. The Morgan fingerprint density at radius 2 is 1.54 bits per heavy atom. The van der Waals surface area contributed by atoms with Gasteiger partial charge in [0, 0.05) is 24.8 Å². The molecule has 0 bridgehead atoms. The molecule has 35 heavy (non-hydrogen) atoms. The number of anilines is 1. The minimum Gasteiger partial charge on any atom is -0.342 e. The monoisotopic (exact) mass is 501 g/mol. The topological polar surface area (TPSA) is 86.8 Å². The molecule has 1 aliphatic heterocycles. The maximum Gasteiger partial charge on any atom is 0.243 e. The van der Waals surface area contributed by atoms with Gasteiger partial charge in [-0.1, -0.05) is 31.4 Å². The summed E-state index contributed by atoms with van der Waals surface area (Å²) < 4.78 is 41.4. The van der Waals surface area contributed by atoms with Crippen LogP contribution in [0.5, 0.6) is 0 Å². The standard InChI is InChI=1S/C26H32FN3O4S/c27-21-10-14-24(15-11-21)35(33,34)30(23-6-2-1-3-7-23)19-25(31)28-22-12-8-20(9-13-22)18-26(32)29-16-4-5-17-29/h8-15,23H,1-7,16-19H2,(H,28,31). The van der Waals surface area contributed by atoms with Crippen LogP contribution in [-0.4, -0.2) is 55.1 Å². The summed E-state index contributed by atoms with van der Waals surface area (Å²) in [5, 5.41) is 2.78. The lowest BCUT2D eigenvalue weighted by Gasteiger charge is -2.33. The first-order valence-electron chi connectivity index (χ1n) is 12.3. The summed E-state index contributed by atoms with van der Waals surface area (Å²) in [6, 6.07) is 11.5. The van der Waals surface area contributed by atoms with Gasteiger partial charge in [0.25, 0.3) is 0 Å². The van der Waals surface area contributed by atoms with E-state index < -0.39 is 21.7 Å². The minimum absolute atomic E-state index is 0.0238. The first-order valence-corrected chi connectivity index (χ1v) is 13.7. The molecule has 188 valence electrons. The van der Waals surface area contributed by atoms with Gasteiger partial charge in [-0.2, -0.15) is 4.31 Å². The molecule has 4 rings (SSSR count). The molecular weight excluding hydrogens is 469 g/mol. The van der Waals surface area contributed by atoms with Crippen molar-refractivity contribution in [3.63, 3.8) is 0 Å². The fraction of sp³-hybridized carbons (Fsp3) is 0.462. The zero-order chi connectivity index (χ0) is 24.8. The second-order valence-corrected chi connectivity index (χ2v) is 11.2. The van der Waals surface area contributed by atoms with E-state index in [2.05, 4.69) is 5.32 Å². The summed E-state index contributed by atoms with van der Waals surface area (Å²) in [5.74, 6) is -0.855. The van der Waals surface area contributed by atoms with Crippen LogP contribution in [0.15, 0.2) is 53.4 Å². The number of hydrogen-bond donors (Lipinski definition) is 1. The van der Waals surface area contributed by atoms with Gasteiger partial charge < -0.3 is 10.2 Å². The molecule has 0 spiro atoms. The lowest BCUT2D eigenvalue weighted by molar-refractivity contribution is -0.129. The average Bonchev–Trinajstić information content (AvgIpc) is 3.40. The van der Waals surface area contributed by atoms with Crippen LogP contribution in [0.2, 0.25) is 0 Å². The van der Waals surface area contributed by atoms with E-state index >= 15 is 0 Å². The van der Waals surface area contributed by atoms with Crippen molar-refractivity contribution < 1.29 is 22.4 Å². The first kappa shape index (κ1) is 25.3. The molecule has 0 atom stereocenters. The molecule has 2 aromatic rings. The third kappa shape index (κ3) is 6.46. The summed E-state index contributed by atoms with van der Waals surface area (Å²) in [6.45, 7) is 1.30. The van der Waals surface area contributed by atoms with Crippen LogP contribution in [-0.2, 0) is 26.0 Å². The summed E-state index contributed by atoms with van der Waals surface area (Å²) in [7, 11) is -3.97. The number of sulfonamides is 1. The number of halogens is 1. The SMILES string of the molecule is O=C(CN(C1CCCCC1)S(=O)(=O)c1ccc(F)cc1)Nc1ccc(CC(=O)N2CCCC2)cc1. The number of amides is 2. The third-order valence-electron chi connectivity index (χ3n) is 6.75. The van der Waals surface area contributed by atoms with Crippen LogP contribution < -0.4 is 5.32 Å². The summed E-state index contributed by atoms with van der Waals surface area (Å²) in [6.07, 6.45) is 6.63.